The Labute approximate surface area is 164 Å². The first-order valence-electron chi connectivity index (χ1n) is 9.58. The highest BCUT2D eigenvalue weighted by Gasteiger charge is 2.45. The van der Waals surface area contributed by atoms with Gasteiger partial charge in [0.1, 0.15) is 12.4 Å². The SMILES string of the molecule is O=C(Nc1cccc(OCC2CCCO2)c1)C1(c2cccc(Cl)c2)CCC1. The number of carbonyl (C=O) groups is 1. The predicted octanol–water partition coefficient (Wildman–Crippen LogP) is 4.96. The lowest BCUT2D eigenvalue weighted by atomic mass is 9.64. The third-order valence-corrected chi connectivity index (χ3v) is 5.81. The first-order valence-corrected chi connectivity index (χ1v) is 9.95. The summed E-state index contributed by atoms with van der Waals surface area (Å²) >= 11 is 6.15. The Morgan fingerprint density at radius 3 is 2.74 bits per heavy atom. The summed E-state index contributed by atoms with van der Waals surface area (Å²) < 4.78 is 11.4. The first-order chi connectivity index (χ1) is 13.2. The monoisotopic (exact) mass is 385 g/mol. The van der Waals surface area contributed by atoms with Gasteiger partial charge in [0.25, 0.3) is 0 Å². The van der Waals surface area contributed by atoms with Crippen LogP contribution in [0.5, 0.6) is 5.75 Å². The van der Waals surface area contributed by atoms with Crippen molar-refractivity contribution in [3.63, 3.8) is 0 Å². The van der Waals surface area contributed by atoms with Gasteiger partial charge in [-0.1, -0.05) is 36.2 Å². The summed E-state index contributed by atoms with van der Waals surface area (Å²) in [7, 11) is 0. The molecule has 2 aliphatic rings. The lowest BCUT2D eigenvalue weighted by Crippen LogP contribution is -2.46. The molecule has 2 fully saturated rings. The van der Waals surface area contributed by atoms with E-state index in [0.29, 0.717) is 11.6 Å². The summed E-state index contributed by atoms with van der Waals surface area (Å²) in [6.07, 6.45) is 5.03. The van der Waals surface area contributed by atoms with Crippen LogP contribution in [0.2, 0.25) is 5.02 Å². The summed E-state index contributed by atoms with van der Waals surface area (Å²) in [5.41, 5.74) is 1.25. The number of anilines is 1. The lowest BCUT2D eigenvalue weighted by Gasteiger charge is -2.40. The van der Waals surface area contributed by atoms with Gasteiger partial charge in [-0.2, -0.15) is 0 Å². The van der Waals surface area contributed by atoms with Gasteiger partial charge in [-0.05, 0) is 55.5 Å². The van der Waals surface area contributed by atoms with E-state index in [2.05, 4.69) is 5.32 Å². The van der Waals surface area contributed by atoms with Crippen LogP contribution in [0.1, 0.15) is 37.7 Å². The molecule has 27 heavy (non-hydrogen) atoms. The molecular formula is C22H24ClNO3. The topological polar surface area (TPSA) is 47.6 Å². The maximum atomic E-state index is 13.1. The van der Waals surface area contributed by atoms with Gasteiger partial charge in [0.2, 0.25) is 5.91 Å². The fourth-order valence-corrected chi connectivity index (χ4v) is 4.03. The third-order valence-electron chi connectivity index (χ3n) is 5.57. The maximum absolute atomic E-state index is 13.1. The van der Waals surface area contributed by atoms with Crippen molar-refractivity contribution in [2.75, 3.05) is 18.5 Å². The average molecular weight is 386 g/mol. The minimum Gasteiger partial charge on any atom is -0.491 e. The zero-order valence-corrected chi connectivity index (χ0v) is 16.0. The minimum atomic E-state index is -0.487. The molecule has 1 amide bonds. The maximum Gasteiger partial charge on any atom is 0.235 e. The number of hydrogen-bond donors (Lipinski definition) is 1. The van der Waals surface area contributed by atoms with Crippen LogP contribution in [0.25, 0.3) is 0 Å². The fraction of sp³-hybridized carbons (Fsp3) is 0.409. The molecule has 1 aliphatic heterocycles. The first kappa shape index (κ1) is 18.3. The Balaban J connectivity index is 1.45. The van der Waals surface area contributed by atoms with Crippen molar-refractivity contribution in [3.8, 4) is 5.75 Å². The van der Waals surface area contributed by atoms with E-state index < -0.39 is 5.41 Å². The molecule has 5 heteroatoms. The number of nitrogens with one attached hydrogen (secondary N) is 1. The minimum absolute atomic E-state index is 0.0206. The van der Waals surface area contributed by atoms with Crippen molar-refractivity contribution in [2.45, 2.75) is 43.6 Å². The molecule has 1 N–H and O–H groups in total. The summed E-state index contributed by atoms with van der Waals surface area (Å²) in [6.45, 7) is 1.36. The van der Waals surface area contributed by atoms with Crippen LogP contribution in [-0.4, -0.2) is 25.2 Å². The van der Waals surface area contributed by atoms with Crippen LogP contribution in [0.4, 0.5) is 5.69 Å². The molecular weight excluding hydrogens is 362 g/mol. The number of rotatable bonds is 6. The second-order valence-electron chi connectivity index (χ2n) is 7.37. The fourth-order valence-electron chi connectivity index (χ4n) is 3.84. The summed E-state index contributed by atoms with van der Waals surface area (Å²) in [4.78, 5) is 13.1. The quantitative estimate of drug-likeness (QED) is 0.764. The Morgan fingerprint density at radius 1 is 1.19 bits per heavy atom. The van der Waals surface area contributed by atoms with E-state index in [4.69, 9.17) is 21.1 Å². The van der Waals surface area contributed by atoms with Crippen LogP contribution < -0.4 is 10.1 Å². The van der Waals surface area contributed by atoms with E-state index in [1.165, 1.54) is 0 Å². The van der Waals surface area contributed by atoms with E-state index in [1.807, 2.05) is 48.5 Å². The molecule has 1 saturated carbocycles. The summed E-state index contributed by atoms with van der Waals surface area (Å²) in [5.74, 6) is 0.765. The van der Waals surface area contributed by atoms with Crippen LogP contribution in [0, 0.1) is 0 Å². The van der Waals surface area contributed by atoms with Gasteiger partial charge in [0, 0.05) is 23.4 Å². The molecule has 1 atom stereocenters. The molecule has 0 spiro atoms. The van der Waals surface area contributed by atoms with Gasteiger partial charge in [-0.3, -0.25) is 4.79 Å². The predicted molar refractivity (Wildman–Crippen MR) is 107 cm³/mol. The lowest BCUT2D eigenvalue weighted by molar-refractivity contribution is -0.124. The van der Waals surface area contributed by atoms with Crippen molar-refractivity contribution in [2.24, 2.45) is 0 Å². The molecule has 1 heterocycles. The highest BCUT2D eigenvalue weighted by atomic mass is 35.5. The van der Waals surface area contributed by atoms with Gasteiger partial charge >= 0.3 is 0 Å². The number of benzene rings is 2. The average Bonchev–Trinajstić information content (AvgIpc) is 3.13. The van der Waals surface area contributed by atoms with Crippen molar-refractivity contribution in [1.29, 1.82) is 0 Å². The second kappa shape index (κ2) is 7.91. The zero-order chi connectivity index (χ0) is 18.7. The Morgan fingerprint density at radius 2 is 2.04 bits per heavy atom. The normalized spacial score (nSPS) is 20.7. The Bertz CT molecular complexity index is 813. The van der Waals surface area contributed by atoms with Crippen LogP contribution in [0.15, 0.2) is 48.5 Å². The third kappa shape index (κ3) is 3.97. The standard InChI is InChI=1S/C22H24ClNO3/c23-17-6-1-5-16(13-17)22(10-4-11-22)21(25)24-18-7-2-8-19(14-18)27-15-20-9-3-12-26-20/h1-2,5-8,13-14,20H,3-4,9-12,15H2,(H,24,25). The highest BCUT2D eigenvalue weighted by Crippen LogP contribution is 2.45. The highest BCUT2D eigenvalue weighted by molar-refractivity contribution is 6.30. The number of ether oxygens (including phenoxy) is 2. The molecule has 0 bridgehead atoms. The molecule has 1 aliphatic carbocycles. The van der Waals surface area contributed by atoms with E-state index in [-0.39, 0.29) is 12.0 Å². The van der Waals surface area contributed by atoms with E-state index >= 15 is 0 Å². The zero-order valence-electron chi connectivity index (χ0n) is 15.2. The van der Waals surface area contributed by atoms with Crippen molar-refractivity contribution < 1.29 is 14.3 Å². The second-order valence-corrected chi connectivity index (χ2v) is 7.81. The van der Waals surface area contributed by atoms with Crippen LogP contribution in [-0.2, 0) is 14.9 Å². The molecule has 1 unspecified atom stereocenters. The molecule has 2 aromatic rings. The number of amides is 1. The van der Waals surface area contributed by atoms with Gasteiger partial charge in [-0.25, -0.2) is 0 Å². The van der Waals surface area contributed by atoms with Gasteiger partial charge in [0.05, 0.1) is 11.5 Å². The van der Waals surface area contributed by atoms with Gasteiger partial charge in [0.15, 0.2) is 0 Å². The molecule has 4 rings (SSSR count). The Hall–Kier alpha value is -2.04. The number of halogens is 1. The largest absolute Gasteiger partial charge is 0.491 e. The molecule has 0 radical (unpaired) electrons. The van der Waals surface area contributed by atoms with Gasteiger partial charge < -0.3 is 14.8 Å². The van der Waals surface area contributed by atoms with Crippen molar-refractivity contribution in [1.82, 2.24) is 0 Å². The molecule has 0 aromatic heterocycles. The van der Waals surface area contributed by atoms with E-state index in [1.54, 1.807) is 0 Å². The number of hydrogen-bond acceptors (Lipinski definition) is 3. The van der Waals surface area contributed by atoms with E-state index in [0.717, 1.165) is 55.7 Å². The molecule has 4 nitrogen and oxygen atoms in total. The van der Waals surface area contributed by atoms with Crippen LogP contribution in [0.3, 0.4) is 0 Å². The van der Waals surface area contributed by atoms with Crippen molar-refractivity contribution in [3.05, 3.63) is 59.1 Å². The summed E-state index contributed by atoms with van der Waals surface area (Å²) in [5, 5.41) is 3.74. The summed E-state index contributed by atoms with van der Waals surface area (Å²) in [6, 6.07) is 15.2. The number of carbonyl (C=O) groups excluding carboxylic acids is 1. The van der Waals surface area contributed by atoms with Gasteiger partial charge in [-0.15, -0.1) is 0 Å². The molecule has 2 aromatic carbocycles. The molecule has 142 valence electrons. The van der Waals surface area contributed by atoms with Crippen molar-refractivity contribution >= 4 is 23.2 Å². The van der Waals surface area contributed by atoms with E-state index in [9.17, 15) is 4.79 Å². The van der Waals surface area contributed by atoms with Crippen LogP contribution >= 0.6 is 11.6 Å². The Kier molecular flexibility index (Phi) is 5.37. The molecule has 1 saturated heterocycles. The smallest absolute Gasteiger partial charge is 0.235 e.